The van der Waals surface area contributed by atoms with Crippen LogP contribution in [0.2, 0.25) is 0 Å². The van der Waals surface area contributed by atoms with Crippen LogP contribution in [0, 0.1) is 11.2 Å². The number of nitrogens with one attached hydrogen (secondary N) is 2. The lowest BCUT2D eigenvalue weighted by atomic mass is 9.88. The van der Waals surface area contributed by atoms with Crippen LogP contribution in [0.25, 0.3) is 0 Å². The highest BCUT2D eigenvalue weighted by atomic mass is 19.1. The van der Waals surface area contributed by atoms with Crippen LogP contribution in [0.1, 0.15) is 38.1 Å². The highest BCUT2D eigenvalue weighted by molar-refractivity contribution is 6.00. The Labute approximate surface area is 117 Å². The van der Waals surface area contributed by atoms with Crippen molar-refractivity contribution in [2.75, 3.05) is 5.32 Å². The van der Waals surface area contributed by atoms with Gasteiger partial charge >= 0.3 is 12.0 Å². The summed E-state index contributed by atoms with van der Waals surface area (Å²) in [6.07, 6.45) is 0. The van der Waals surface area contributed by atoms with E-state index in [4.69, 9.17) is 5.11 Å². The maximum atomic E-state index is 13.5. The minimum atomic E-state index is -1.43. The first-order valence-electron chi connectivity index (χ1n) is 6.22. The monoisotopic (exact) mass is 282 g/mol. The fourth-order valence-corrected chi connectivity index (χ4v) is 1.42. The molecule has 1 aromatic carbocycles. The zero-order valence-corrected chi connectivity index (χ0v) is 12.0. The van der Waals surface area contributed by atoms with Crippen molar-refractivity contribution in [3.63, 3.8) is 0 Å². The summed E-state index contributed by atoms with van der Waals surface area (Å²) < 4.78 is 13.5. The number of anilines is 1. The average molecular weight is 282 g/mol. The van der Waals surface area contributed by atoms with Crippen LogP contribution < -0.4 is 10.6 Å². The fraction of sp³-hybridized carbons (Fsp3) is 0.429. The van der Waals surface area contributed by atoms with Gasteiger partial charge in [0.1, 0.15) is 11.4 Å². The standard InChI is InChI=1S/C14H19FN2O3/c1-8(14(2,3)4)16-13(20)17-10-7-5-6-9(15)11(10)12(18)19/h5-8H,1-4H3,(H,18,19)(H2,16,17,20). The third kappa shape index (κ3) is 3.94. The molecule has 0 saturated heterocycles. The van der Waals surface area contributed by atoms with Crippen molar-refractivity contribution in [2.45, 2.75) is 33.7 Å². The van der Waals surface area contributed by atoms with Crippen molar-refractivity contribution in [1.29, 1.82) is 0 Å². The molecule has 0 fully saturated rings. The Morgan fingerprint density at radius 2 is 1.90 bits per heavy atom. The smallest absolute Gasteiger partial charge is 0.340 e. The van der Waals surface area contributed by atoms with E-state index in [0.29, 0.717) is 0 Å². The maximum Gasteiger partial charge on any atom is 0.340 e. The van der Waals surface area contributed by atoms with E-state index < -0.39 is 23.4 Å². The van der Waals surface area contributed by atoms with Gasteiger partial charge in [0, 0.05) is 6.04 Å². The molecule has 20 heavy (non-hydrogen) atoms. The molecule has 0 aliphatic carbocycles. The Balaban J connectivity index is 2.87. The summed E-state index contributed by atoms with van der Waals surface area (Å²) in [5.74, 6) is -2.32. The second-order valence-corrected chi connectivity index (χ2v) is 5.65. The van der Waals surface area contributed by atoms with Crippen molar-refractivity contribution >= 4 is 17.7 Å². The maximum absolute atomic E-state index is 13.5. The molecule has 3 N–H and O–H groups in total. The number of carboxylic acid groups (broad SMARTS) is 1. The highest BCUT2D eigenvalue weighted by Crippen LogP contribution is 2.20. The van der Waals surface area contributed by atoms with Gasteiger partial charge < -0.3 is 15.7 Å². The summed E-state index contributed by atoms with van der Waals surface area (Å²) in [5, 5.41) is 14.0. The Kier molecular flexibility index (Phi) is 4.70. The number of benzene rings is 1. The van der Waals surface area contributed by atoms with E-state index in [1.165, 1.54) is 12.1 Å². The largest absolute Gasteiger partial charge is 0.478 e. The third-order valence-corrected chi connectivity index (χ3v) is 3.12. The van der Waals surface area contributed by atoms with E-state index in [-0.39, 0.29) is 17.1 Å². The number of hydrogen-bond donors (Lipinski definition) is 3. The molecule has 1 aromatic rings. The Morgan fingerprint density at radius 1 is 1.30 bits per heavy atom. The number of aromatic carboxylic acids is 1. The van der Waals surface area contributed by atoms with E-state index in [1.54, 1.807) is 0 Å². The Morgan fingerprint density at radius 3 is 2.40 bits per heavy atom. The molecule has 0 bridgehead atoms. The third-order valence-electron chi connectivity index (χ3n) is 3.12. The van der Waals surface area contributed by atoms with Gasteiger partial charge in [-0.15, -0.1) is 0 Å². The van der Waals surface area contributed by atoms with Gasteiger partial charge in [-0.1, -0.05) is 26.8 Å². The first kappa shape index (κ1) is 15.9. The number of urea groups is 1. The Hall–Kier alpha value is -2.11. The molecule has 0 aliphatic rings. The molecule has 0 aromatic heterocycles. The number of carboxylic acids is 1. The van der Waals surface area contributed by atoms with Gasteiger partial charge in [0.05, 0.1) is 5.69 Å². The zero-order chi connectivity index (χ0) is 15.5. The molecule has 1 unspecified atom stereocenters. The van der Waals surface area contributed by atoms with Crippen LogP contribution in [-0.4, -0.2) is 23.1 Å². The van der Waals surface area contributed by atoms with Crippen molar-refractivity contribution in [3.05, 3.63) is 29.6 Å². The number of rotatable bonds is 3. The van der Waals surface area contributed by atoms with Crippen molar-refractivity contribution < 1.29 is 19.1 Å². The lowest BCUT2D eigenvalue weighted by Crippen LogP contribution is -2.43. The molecule has 5 nitrogen and oxygen atoms in total. The molecule has 0 heterocycles. The van der Waals surface area contributed by atoms with Crippen LogP contribution in [0.15, 0.2) is 18.2 Å². The van der Waals surface area contributed by atoms with Gasteiger partial charge in [0.2, 0.25) is 0 Å². The SMILES string of the molecule is CC(NC(=O)Nc1cccc(F)c1C(=O)O)C(C)(C)C. The number of halogens is 1. The lowest BCUT2D eigenvalue weighted by molar-refractivity contribution is 0.0693. The molecule has 1 atom stereocenters. The van der Waals surface area contributed by atoms with Gasteiger partial charge in [-0.2, -0.15) is 0 Å². The number of carbonyl (C=O) groups is 2. The Bertz CT molecular complexity index is 524. The average Bonchev–Trinajstić information content (AvgIpc) is 2.26. The molecular formula is C14H19FN2O3. The molecule has 0 saturated carbocycles. The quantitative estimate of drug-likeness (QED) is 0.797. The van der Waals surface area contributed by atoms with Crippen molar-refractivity contribution in [2.24, 2.45) is 5.41 Å². The minimum absolute atomic E-state index is 0.0730. The summed E-state index contributed by atoms with van der Waals surface area (Å²) in [7, 11) is 0. The zero-order valence-electron chi connectivity index (χ0n) is 12.0. The fourth-order valence-electron chi connectivity index (χ4n) is 1.42. The van der Waals surface area contributed by atoms with E-state index in [9.17, 15) is 14.0 Å². The predicted octanol–water partition coefficient (Wildman–Crippen LogP) is 3.08. The normalized spacial score (nSPS) is 12.7. The summed E-state index contributed by atoms with van der Waals surface area (Å²) in [4.78, 5) is 22.8. The van der Waals surface area contributed by atoms with Crippen LogP contribution in [-0.2, 0) is 0 Å². The van der Waals surface area contributed by atoms with Crippen LogP contribution >= 0.6 is 0 Å². The number of carbonyl (C=O) groups excluding carboxylic acids is 1. The van der Waals surface area contributed by atoms with Crippen molar-refractivity contribution in [3.8, 4) is 0 Å². The molecule has 1 rings (SSSR count). The predicted molar refractivity (Wildman–Crippen MR) is 74.4 cm³/mol. The van der Waals surface area contributed by atoms with Gasteiger partial charge in [0.25, 0.3) is 0 Å². The van der Waals surface area contributed by atoms with Gasteiger partial charge in [0.15, 0.2) is 0 Å². The molecule has 6 heteroatoms. The summed E-state index contributed by atoms with van der Waals surface area (Å²) in [5.41, 5.74) is -0.767. The van der Waals surface area contributed by atoms with Crippen LogP contribution in [0.5, 0.6) is 0 Å². The van der Waals surface area contributed by atoms with Crippen molar-refractivity contribution in [1.82, 2.24) is 5.32 Å². The second-order valence-electron chi connectivity index (χ2n) is 5.65. The molecule has 0 spiro atoms. The van der Waals surface area contributed by atoms with Gasteiger partial charge in [-0.25, -0.2) is 14.0 Å². The molecular weight excluding hydrogens is 263 g/mol. The number of amides is 2. The first-order valence-corrected chi connectivity index (χ1v) is 6.22. The minimum Gasteiger partial charge on any atom is -0.478 e. The van der Waals surface area contributed by atoms with Crippen LogP contribution in [0.4, 0.5) is 14.9 Å². The molecule has 2 amide bonds. The lowest BCUT2D eigenvalue weighted by Gasteiger charge is -2.28. The van der Waals surface area contributed by atoms with E-state index in [1.807, 2.05) is 27.7 Å². The summed E-state index contributed by atoms with van der Waals surface area (Å²) >= 11 is 0. The van der Waals surface area contributed by atoms with Gasteiger partial charge in [-0.3, -0.25) is 0 Å². The van der Waals surface area contributed by atoms with E-state index >= 15 is 0 Å². The second kappa shape index (κ2) is 5.90. The van der Waals surface area contributed by atoms with E-state index in [2.05, 4.69) is 10.6 Å². The number of hydrogen-bond acceptors (Lipinski definition) is 2. The summed E-state index contributed by atoms with van der Waals surface area (Å²) in [6, 6.07) is 3.01. The highest BCUT2D eigenvalue weighted by Gasteiger charge is 2.23. The topological polar surface area (TPSA) is 78.4 Å². The first-order chi connectivity index (χ1) is 9.12. The van der Waals surface area contributed by atoms with Gasteiger partial charge in [-0.05, 0) is 24.5 Å². The van der Waals surface area contributed by atoms with Crippen LogP contribution in [0.3, 0.4) is 0 Å². The summed E-state index contributed by atoms with van der Waals surface area (Å²) in [6.45, 7) is 7.72. The van der Waals surface area contributed by atoms with E-state index in [0.717, 1.165) is 6.07 Å². The molecule has 110 valence electrons. The molecule has 0 radical (unpaired) electrons. The molecule has 0 aliphatic heterocycles.